The number of benzene rings is 1. The minimum absolute atomic E-state index is 0.0407. The van der Waals surface area contributed by atoms with Gasteiger partial charge in [-0.25, -0.2) is 0 Å². The highest BCUT2D eigenvalue weighted by molar-refractivity contribution is 6.22. The summed E-state index contributed by atoms with van der Waals surface area (Å²) in [7, 11) is 0. The van der Waals surface area contributed by atoms with Crippen LogP contribution in [0, 0.1) is 5.92 Å². The Kier molecular flexibility index (Phi) is 6.53. The Bertz CT molecular complexity index is 891. The lowest BCUT2D eigenvalue weighted by Gasteiger charge is -2.33. The first-order valence-electron chi connectivity index (χ1n) is 11.2. The lowest BCUT2D eigenvalue weighted by atomic mass is 9.99. The van der Waals surface area contributed by atoms with E-state index in [-0.39, 0.29) is 41.2 Å². The van der Waals surface area contributed by atoms with E-state index in [9.17, 15) is 19.2 Å². The molecule has 1 saturated heterocycles. The van der Waals surface area contributed by atoms with Gasteiger partial charge < -0.3 is 10.2 Å². The molecule has 2 heterocycles. The van der Waals surface area contributed by atoms with Crippen molar-refractivity contribution in [2.45, 2.75) is 71.9 Å². The number of imide groups is 1. The molecule has 0 aromatic heterocycles. The van der Waals surface area contributed by atoms with Crippen molar-refractivity contribution in [1.82, 2.24) is 15.1 Å². The molecule has 0 unspecified atom stereocenters. The molecule has 31 heavy (non-hydrogen) atoms. The average molecular weight is 428 g/mol. The van der Waals surface area contributed by atoms with Crippen LogP contribution in [0.2, 0.25) is 0 Å². The summed E-state index contributed by atoms with van der Waals surface area (Å²) in [5.74, 6) is -0.688. The summed E-state index contributed by atoms with van der Waals surface area (Å²) in [4.78, 5) is 53.8. The molecule has 0 spiro atoms. The fourth-order valence-electron chi connectivity index (χ4n) is 4.37. The second-order valence-corrected chi connectivity index (χ2v) is 9.47. The Morgan fingerprint density at radius 2 is 1.61 bits per heavy atom. The van der Waals surface area contributed by atoms with Crippen LogP contribution in [0.5, 0.6) is 0 Å². The number of amides is 4. The first-order chi connectivity index (χ1) is 14.6. The minimum atomic E-state index is -0.627. The van der Waals surface area contributed by atoms with Crippen molar-refractivity contribution in [3.63, 3.8) is 0 Å². The van der Waals surface area contributed by atoms with E-state index in [1.54, 1.807) is 23.1 Å². The van der Waals surface area contributed by atoms with Crippen LogP contribution in [0.3, 0.4) is 0 Å². The van der Waals surface area contributed by atoms with Crippen LogP contribution in [-0.2, 0) is 4.79 Å². The van der Waals surface area contributed by atoms with E-state index >= 15 is 0 Å². The predicted molar refractivity (Wildman–Crippen MR) is 118 cm³/mol. The zero-order chi connectivity index (χ0) is 22.9. The Labute approximate surface area is 184 Å². The number of nitrogens with zero attached hydrogens (tertiary/aromatic N) is 2. The Balaban J connectivity index is 1.66. The van der Waals surface area contributed by atoms with Crippen molar-refractivity contribution in [3.05, 3.63) is 34.9 Å². The molecule has 2 aliphatic rings. The fraction of sp³-hybridized carbons (Fsp3) is 0.583. The molecule has 7 nitrogen and oxygen atoms in total. The third kappa shape index (κ3) is 4.50. The fourth-order valence-corrected chi connectivity index (χ4v) is 4.37. The van der Waals surface area contributed by atoms with E-state index in [2.05, 4.69) is 5.32 Å². The van der Waals surface area contributed by atoms with E-state index in [4.69, 9.17) is 0 Å². The number of piperidine rings is 1. The summed E-state index contributed by atoms with van der Waals surface area (Å²) in [6.45, 7) is 10.6. The SMILES string of the molecule is CCC(CC)C(=O)NC1CCN(C(=O)c2ccc3c(c2)C(=O)N(C(C)(C)C)C3=O)CC1. The Morgan fingerprint density at radius 3 is 2.16 bits per heavy atom. The van der Waals surface area contributed by atoms with Gasteiger partial charge in [-0.15, -0.1) is 0 Å². The highest BCUT2D eigenvalue weighted by atomic mass is 16.2. The van der Waals surface area contributed by atoms with Gasteiger partial charge in [0.05, 0.1) is 11.1 Å². The number of carbonyl (C=O) groups excluding carboxylic acids is 4. The summed E-state index contributed by atoms with van der Waals surface area (Å²) in [6.07, 6.45) is 3.06. The number of rotatable bonds is 5. The molecule has 2 aliphatic heterocycles. The van der Waals surface area contributed by atoms with Crippen molar-refractivity contribution in [3.8, 4) is 0 Å². The molecule has 1 aromatic carbocycles. The molecule has 168 valence electrons. The summed E-state index contributed by atoms with van der Waals surface area (Å²) in [5, 5.41) is 3.12. The van der Waals surface area contributed by atoms with Gasteiger partial charge in [0.1, 0.15) is 0 Å². The van der Waals surface area contributed by atoms with E-state index in [0.29, 0.717) is 37.1 Å². The van der Waals surface area contributed by atoms with Gasteiger partial charge in [0, 0.05) is 36.2 Å². The van der Waals surface area contributed by atoms with Crippen molar-refractivity contribution in [1.29, 1.82) is 0 Å². The van der Waals surface area contributed by atoms with E-state index in [0.717, 1.165) is 12.8 Å². The Morgan fingerprint density at radius 1 is 1.03 bits per heavy atom. The molecular formula is C24H33N3O4. The molecule has 3 rings (SSSR count). The maximum Gasteiger partial charge on any atom is 0.262 e. The van der Waals surface area contributed by atoms with Gasteiger partial charge in [-0.2, -0.15) is 0 Å². The quantitative estimate of drug-likeness (QED) is 0.731. The highest BCUT2D eigenvalue weighted by Gasteiger charge is 2.42. The van der Waals surface area contributed by atoms with Gasteiger partial charge in [-0.05, 0) is 64.7 Å². The third-order valence-electron chi connectivity index (χ3n) is 6.29. The van der Waals surface area contributed by atoms with Crippen molar-refractivity contribution >= 4 is 23.6 Å². The second kappa shape index (κ2) is 8.81. The zero-order valence-corrected chi connectivity index (χ0v) is 19.2. The monoisotopic (exact) mass is 427 g/mol. The number of likely N-dealkylation sites (tertiary alicyclic amines) is 1. The van der Waals surface area contributed by atoms with Crippen LogP contribution in [-0.4, -0.2) is 58.1 Å². The normalized spacial score (nSPS) is 17.4. The molecule has 1 aromatic rings. The summed E-state index contributed by atoms with van der Waals surface area (Å²) in [6, 6.07) is 4.83. The van der Waals surface area contributed by atoms with Gasteiger partial charge in [0.25, 0.3) is 17.7 Å². The van der Waals surface area contributed by atoms with E-state index in [1.165, 1.54) is 4.90 Å². The highest BCUT2D eigenvalue weighted by Crippen LogP contribution is 2.30. The minimum Gasteiger partial charge on any atom is -0.353 e. The van der Waals surface area contributed by atoms with Crippen molar-refractivity contribution in [2.75, 3.05) is 13.1 Å². The van der Waals surface area contributed by atoms with Crippen LogP contribution < -0.4 is 5.32 Å². The standard InChI is InChI=1S/C24H33N3O4/c1-6-15(7-2)20(28)25-17-10-12-26(13-11-17)21(29)16-8-9-18-19(14-16)23(31)27(22(18)30)24(3,4)5/h8-9,14-15,17H,6-7,10-13H2,1-5H3,(H,25,28). The number of nitrogens with one attached hydrogen (secondary N) is 1. The number of fused-ring (bicyclic) bond motifs is 1. The van der Waals surface area contributed by atoms with Gasteiger partial charge in [0.15, 0.2) is 0 Å². The molecule has 4 amide bonds. The lowest BCUT2D eigenvalue weighted by Crippen LogP contribution is -2.47. The van der Waals surface area contributed by atoms with E-state index in [1.807, 2.05) is 34.6 Å². The molecule has 0 bridgehead atoms. The first-order valence-corrected chi connectivity index (χ1v) is 11.2. The molecular weight excluding hydrogens is 394 g/mol. The summed E-state index contributed by atoms with van der Waals surface area (Å²) < 4.78 is 0. The van der Waals surface area contributed by atoms with Crippen molar-refractivity contribution < 1.29 is 19.2 Å². The van der Waals surface area contributed by atoms with E-state index < -0.39 is 5.54 Å². The van der Waals surface area contributed by atoms with Crippen LogP contribution in [0.4, 0.5) is 0 Å². The zero-order valence-electron chi connectivity index (χ0n) is 19.2. The largest absolute Gasteiger partial charge is 0.353 e. The molecule has 0 aliphatic carbocycles. The predicted octanol–water partition coefficient (Wildman–Crippen LogP) is 3.24. The molecule has 0 radical (unpaired) electrons. The lowest BCUT2D eigenvalue weighted by molar-refractivity contribution is -0.126. The number of carbonyl (C=O) groups is 4. The smallest absolute Gasteiger partial charge is 0.262 e. The summed E-state index contributed by atoms with van der Waals surface area (Å²) in [5.41, 5.74) is 0.422. The van der Waals surface area contributed by atoms with Crippen LogP contribution in [0.15, 0.2) is 18.2 Å². The third-order valence-corrected chi connectivity index (χ3v) is 6.29. The second-order valence-electron chi connectivity index (χ2n) is 9.47. The van der Waals surface area contributed by atoms with Crippen LogP contribution >= 0.6 is 0 Å². The number of hydrogen-bond donors (Lipinski definition) is 1. The molecule has 0 atom stereocenters. The van der Waals surface area contributed by atoms with Gasteiger partial charge in [-0.1, -0.05) is 13.8 Å². The van der Waals surface area contributed by atoms with Gasteiger partial charge in [-0.3, -0.25) is 24.1 Å². The topological polar surface area (TPSA) is 86.8 Å². The van der Waals surface area contributed by atoms with Gasteiger partial charge in [0.2, 0.25) is 5.91 Å². The number of hydrogen-bond acceptors (Lipinski definition) is 4. The van der Waals surface area contributed by atoms with Crippen LogP contribution in [0.1, 0.15) is 91.4 Å². The average Bonchev–Trinajstić information content (AvgIpc) is 2.98. The van der Waals surface area contributed by atoms with Crippen molar-refractivity contribution in [2.24, 2.45) is 5.92 Å². The molecule has 0 saturated carbocycles. The van der Waals surface area contributed by atoms with Crippen LogP contribution in [0.25, 0.3) is 0 Å². The maximum absolute atomic E-state index is 13.0. The maximum atomic E-state index is 13.0. The molecule has 7 heteroatoms. The van der Waals surface area contributed by atoms with Gasteiger partial charge >= 0.3 is 0 Å². The first kappa shape index (κ1) is 23.0. The summed E-state index contributed by atoms with van der Waals surface area (Å²) >= 11 is 0. The Hall–Kier alpha value is -2.70. The molecule has 1 fully saturated rings. The molecule has 1 N–H and O–H groups in total.